The van der Waals surface area contributed by atoms with Gasteiger partial charge in [-0.2, -0.15) is 0 Å². The Morgan fingerprint density at radius 1 is 1.21 bits per heavy atom. The summed E-state index contributed by atoms with van der Waals surface area (Å²) in [6.45, 7) is 2.37. The summed E-state index contributed by atoms with van der Waals surface area (Å²) >= 11 is 0. The zero-order valence-electron chi connectivity index (χ0n) is 14.1. The summed E-state index contributed by atoms with van der Waals surface area (Å²) in [6.07, 6.45) is 5.95. The van der Waals surface area contributed by atoms with Crippen LogP contribution in [0.3, 0.4) is 0 Å². The first kappa shape index (κ1) is 16.6. The van der Waals surface area contributed by atoms with E-state index in [1.54, 1.807) is 12.4 Å². The van der Waals surface area contributed by atoms with Crippen LogP contribution < -0.4 is 0 Å². The van der Waals surface area contributed by atoms with Crippen LogP contribution in [0.15, 0.2) is 48.8 Å². The predicted octanol–water partition coefficient (Wildman–Crippen LogP) is 2.14. The Kier molecular flexibility index (Phi) is 5.54. The molecule has 0 saturated carbocycles. The minimum absolute atomic E-state index is 0.255. The summed E-state index contributed by atoms with van der Waals surface area (Å²) in [4.78, 5) is 25.2. The van der Waals surface area contributed by atoms with E-state index in [4.69, 9.17) is 0 Å². The molecule has 24 heavy (non-hydrogen) atoms. The van der Waals surface area contributed by atoms with Crippen LogP contribution in [0.4, 0.5) is 0 Å². The average Bonchev–Trinajstić information content (AvgIpc) is 3.12. The molecule has 0 aliphatic carbocycles. The molecule has 1 aliphatic heterocycles. The molecular formula is C19H24N4O. The molecule has 0 N–H and O–H groups in total. The molecule has 0 unspecified atom stereocenters. The van der Waals surface area contributed by atoms with Crippen LogP contribution in [0.25, 0.3) is 0 Å². The fourth-order valence-electron chi connectivity index (χ4n) is 3.15. The highest BCUT2D eigenvalue weighted by Gasteiger charge is 2.28. The van der Waals surface area contributed by atoms with Gasteiger partial charge in [0.2, 0.25) is 5.91 Å². The number of likely N-dealkylation sites (tertiary alicyclic amines) is 1. The third kappa shape index (κ3) is 4.38. The van der Waals surface area contributed by atoms with E-state index in [0.29, 0.717) is 12.5 Å². The molecule has 2 heterocycles. The number of carbonyl (C=O) groups is 1. The first-order valence-electron chi connectivity index (χ1n) is 8.50. The van der Waals surface area contributed by atoms with Gasteiger partial charge in [-0.25, -0.2) is 9.97 Å². The normalized spacial score (nSPS) is 17.4. The summed E-state index contributed by atoms with van der Waals surface area (Å²) < 4.78 is 0. The number of benzene rings is 1. The number of rotatable bonds is 6. The molecule has 5 nitrogen and oxygen atoms in total. The van der Waals surface area contributed by atoms with Crippen molar-refractivity contribution in [1.29, 1.82) is 0 Å². The van der Waals surface area contributed by atoms with Crippen molar-refractivity contribution in [3.63, 3.8) is 0 Å². The Balaban J connectivity index is 1.46. The fourth-order valence-corrected chi connectivity index (χ4v) is 3.15. The van der Waals surface area contributed by atoms with E-state index < -0.39 is 0 Å². The molecular weight excluding hydrogens is 300 g/mol. The van der Waals surface area contributed by atoms with Gasteiger partial charge < -0.3 is 4.90 Å². The Hall–Kier alpha value is -2.27. The van der Waals surface area contributed by atoms with Crippen LogP contribution in [-0.2, 0) is 17.8 Å². The molecule has 0 radical (unpaired) electrons. The molecule has 1 saturated heterocycles. The van der Waals surface area contributed by atoms with E-state index in [2.05, 4.69) is 34.0 Å². The van der Waals surface area contributed by atoms with Crippen LogP contribution in [0.1, 0.15) is 24.2 Å². The summed E-state index contributed by atoms with van der Waals surface area (Å²) in [6, 6.07) is 12.4. The van der Waals surface area contributed by atoms with Crippen molar-refractivity contribution >= 4 is 5.91 Å². The lowest BCUT2D eigenvalue weighted by atomic mass is 10.1. The van der Waals surface area contributed by atoms with Crippen LogP contribution in [0.2, 0.25) is 0 Å². The number of aromatic nitrogens is 2. The lowest BCUT2D eigenvalue weighted by Gasteiger charge is -2.24. The quantitative estimate of drug-likeness (QED) is 0.817. The Morgan fingerprint density at radius 3 is 2.71 bits per heavy atom. The highest BCUT2D eigenvalue weighted by atomic mass is 16.2. The Labute approximate surface area is 143 Å². The highest BCUT2D eigenvalue weighted by Crippen LogP contribution is 2.17. The first-order chi connectivity index (χ1) is 11.7. The van der Waals surface area contributed by atoms with Gasteiger partial charge in [0.1, 0.15) is 5.82 Å². The third-order valence-corrected chi connectivity index (χ3v) is 4.62. The van der Waals surface area contributed by atoms with Gasteiger partial charge in [-0.05, 0) is 31.5 Å². The second-order valence-corrected chi connectivity index (χ2v) is 6.35. The lowest BCUT2D eigenvalue weighted by molar-refractivity contribution is -0.130. The summed E-state index contributed by atoms with van der Waals surface area (Å²) in [5.74, 6) is 1.08. The molecule has 0 spiro atoms. The SMILES string of the molecule is CN(Cc1ncccn1)[C@@H]1CCN(C(=O)CCc2ccccc2)C1. The molecule has 2 aromatic rings. The molecule has 1 aromatic carbocycles. The molecule has 126 valence electrons. The molecule has 0 bridgehead atoms. The van der Waals surface area contributed by atoms with Crippen LogP contribution in [-0.4, -0.2) is 51.9 Å². The number of likely N-dealkylation sites (N-methyl/N-ethyl adjacent to an activating group) is 1. The minimum Gasteiger partial charge on any atom is -0.341 e. The van der Waals surface area contributed by atoms with Gasteiger partial charge in [-0.15, -0.1) is 0 Å². The zero-order valence-corrected chi connectivity index (χ0v) is 14.1. The molecule has 1 fully saturated rings. The maximum absolute atomic E-state index is 12.4. The van der Waals surface area contributed by atoms with Crippen LogP contribution in [0, 0.1) is 0 Å². The second-order valence-electron chi connectivity index (χ2n) is 6.35. The van der Waals surface area contributed by atoms with Crippen molar-refractivity contribution in [2.75, 3.05) is 20.1 Å². The van der Waals surface area contributed by atoms with E-state index in [1.165, 1.54) is 5.56 Å². The van der Waals surface area contributed by atoms with Gasteiger partial charge in [0.15, 0.2) is 0 Å². The third-order valence-electron chi connectivity index (χ3n) is 4.62. The van der Waals surface area contributed by atoms with E-state index in [1.807, 2.05) is 29.2 Å². The zero-order chi connectivity index (χ0) is 16.8. The molecule has 1 amide bonds. The first-order valence-corrected chi connectivity index (χ1v) is 8.50. The fraction of sp³-hybridized carbons (Fsp3) is 0.421. The average molecular weight is 324 g/mol. The van der Waals surface area contributed by atoms with Crippen molar-refractivity contribution in [1.82, 2.24) is 19.8 Å². The summed E-state index contributed by atoms with van der Waals surface area (Å²) in [5, 5.41) is 0. The minimum atomic E-state index is 0.255. The predicted molar refractivity (Wildman–Crippen MR) is 93.2 cm³/mol. The standard InChI is InChI=1S/C19H24N4O/c1-22(15-18-20-11-5-12-21-18)17-10-13-23(14-17)19(24)9-8-16-6-3-2-4-7-16/h2-7,11-12,17H,8-10,13-15H2,1H3/t17-/m1/s1. The van der Waals surface area contributed by atoms with Gasteiger partial charge in [-0.1, -0.05) is 30.3 Å². The van der Waals surface area contributed by atoms with Gasteiger partial charge >= 0.3 is 0 Å². The largest absolute Gasteiger partial charge is 0.341 e. The maximum Gasteiger partial charge on any atom is 0.222 e. The van der Waals surface area contributed by atoms with Gasteiger partial charge in [0.25, 0.3) is 0 Å². The molecule has 1 atom stereocenters. The topological polar surface area (TPSA) is 49.3 Å². The highest BCUT2D eigenvalue weighted by molar-refractivity contribution is 5.76. The van der Waals surface area contributed by atoms with Crippen LogP contribution >= 0.6 is 0 Å². The van der Waals surface area contributed by atoms with Crippen molar-refractivity contribution in [2.45, 2.75) is 31.8 Å². The van der Waals surface area contributed by atoms with Gasteiger partial charge in [0.05, 0.1) is 6.54 Å². The van der Waals surface area contributed by atoms with E-state index in [-0.39, 0.29) is 5.91 Å². The smallest absolute Gasteiger partial charge is 0.222 e. The number of nitrogens with zero attached hydrogens (tertiary/aromatic N) is 4. The van der Waals surface area contributed by atoms with Gasteiger partial charge in [0, 0.05) is 37.9 Å². The number of aryl methyl sites for hydroxylation is 1. The molecule has 1 aromatic heterocycles. The Morgan fingerprint density at radius 2 is 1.96 bits per heavy atom. The number of amides is 1. The van der Waals surface area contributed by atoms with Crippen molar-refractivity contribution in [2.24, 2.45) is 0 Å². The van der Waals surface area contributed by atoms with Crippen molar-refractivity contribution in [3.05, 3.63) is 60.2 Å². The second kappa shape index (κ2) is 8.02. The summed E-state index contributed by atoms with van der Waals surface area (Å²) in [7, 11) is 2.08. The number of carbonyl (C=O) groups excluding carboxylic acids is 1. The molecule has 5 heteroatoms. The number of hydrogen-bond donors (Lipinski definition) is 0. The maximum atomic E-state index is 12.4. The van der Waals surface area contributed by atoms with Crippen molar-refractivity contribution < 1.29 is 4.79 Å². The summed E-state index contributed by atoms with van der Waals surface area (Å²) in [5.41, 5.74) is 1.22. The van der Waals surface area contributed by atoms with E-state index >= 15 is 0 Å². The molecule has 1 aliphatic rings. The van der Waals surface area contributed by atoms with E-state index in [0.717, 1.165) is 38.3 Å². The lowest BCUT2D eigenvalue weighted by Crippen LogP contribution is -2.36. The van der Waals surface area contributed by atoms with E-state index in [9.17, 15) is 4.79 Å². The Bertz CT molecular complexity index is 647. The van der Waals surface area contributed by atoms with Crippen molar-refractivity contribution in [3.8, 4) is 0 Å². The van der Waals surface area contributed by atoms with Crippen LogP contribution in [0.5, 0.6) is 0 Å². The molecule has 3 rings (SSSR count). The number of hydrogen-bond acceptors (Lipinski definition) is 4. The monoisotopic (exact) mass is 324 g/mol. The van der Waals surface area contributed by atoms with Gasteiger partial charge in [-0.3, -0.25) is 9.69 Å².